The summed E-state index contributed by atoms with van der Waals surface area (Å²) in [7, 11) is 0. The number of aromatic amines is 1. The van der Waals surface area contributed by atoms with Crippen molar-refractivity contribution in [2.75, 3.05) is 0 Å². The largest absolute Gasteiger partial charge is 0.291 e. The highest BCUT2D eigenvalue weighted by Gasteiger charge is 2.11. The van der Waals surface area contributed by atoms with Crippen molar-refractivity contribution in [3.05, 3.63) is 63.1 Å². The highest BCUT2D eigenvalue weighted by Crippen LogP contribution is 2.26. The van der Waals surface area contributed by atoms with Gasteiger partial charge in [0.05, 0.1) is 16.8 Å². The fraction of sp³-hybridized carbons (Fsp3) is 0.0625. The molecule has 0 aliphatic carbocycles. The fourth-order valence-corrected chi connectivity index (χ4v) is 3.01. The third kappa shape index (κ3) is 3.94. The lowest BCUT2D eigenvalue weighted by atomic mass is 10.2. The molecular weight excluding hydrogens is 376 g/mol. The number of amides is 1. The van der Waals surface area contributed by atoms with Crippen LogP contribution in [0.25, 0.3) is 10.6 Å². The van der Waals surface area contributed by atoms with Crippen molar-refractivity contribution in [3.63, 3.8) is 0 Å². The smallest absolute Gasteiger partial charge is 0.276 e. The lowest BCUT2D eigenvalue weighted by molar-refractivity contribution is 0.0950. The second-order valence-corrected chi connectivity index (χ2v) is 7.03. The minimum Gasteiger partial charge on any atom is -0.276 e. The van der Waals surface area contributed by atoms with Crippen LogP contribution in [0, 0.1) is 6.92 Å². The minimum absolute atomic E-state index is 0.305. The lowest BCUT2D eigenvalue weighted by Gasteiger charge is -1.95. The molecule has 0 fully saturated rings. The van der Waals surface area contributed by atoms with E-state index in [9.17, 15) is 4.79 Å². The van der Waals surface area contributed by atoms with Gasteiger partial charge >= 0.3 is 0 Å². The number of H-pyrrole nitrogens is 1. The third-order valence-corrected chi connectivity index (χ3v) is 4.63. The number of aromatic nitrogens is 2. The summed E-state index contributed by atoms with van der Waals surface area (Å²) in [4.78, 5) is 14.3. The average Bonchev–Trinajstić information content (AvgIpc) is 3.18. The summed E-state index contributed by atoms with van der Waals surface area (Å²) in [5.41, 5.74) is 4.49. The van der Waals surface area contributed by atoms with Crippen LogP contribution in [0.4, 0.5) is 0 Å². The Morgan fingerprint density at radius 3 is 2.78 bits per heavy atom. The highest BCUT2D eigenvalue weighted by molar-refractivity contribution is 9.10. The summed E-state index contributed by atoms with van der Waals surface area (Å²) >= 11 is 5.01. The minimum atomic E-state index is -0.353. The molecule has 2 heterocycles. The second kappa shape index (κ2) is 6.89. The molecule has 23 heavy (non-hydrogen) atoms. The van der Waals surface area contributed by atoms with Crippen LogP contribution in [0.15, 0.2) is 52.0 Å². The number of aryl methyl sites for hydroxylation is 1. The molecule has 2 N–H and O–H groups in total. The van der Waals surface area contributed by atoms with Crippen molar-refractivity contribution >= 4 is 39.4 Å². The summed E-state index contributed by atoms with van der Waals surface area (Å²) in [6.45, 7) is 2.04. The number of thiophene rings is 1. The maximum atomic E-state index is 12.0. The van der Waals surface area contributed by atoms with Crippen LogP contribution in [-0.2, 0) is 0 Å². The number of rotatable bonds is 4. The molecule has 0 unspecified atom stereocenters. The van der Waals surface area contributed by atoms with Gasteiger partial charge in [-0.15, -0.1) is 11.3 Å². The number of carbonyl (C=O) groups excluding carboxylic acids is 1. The first kappa shape index (κ1) is 15.6. The van der Waals surface area contributed by atoms with Gasteiger partial charge in [-0.25, -0.2) is 5.43 Å². The van der Waals surface area contributed by atoms with E-state index in [1.165, 1.54) is 4.88 Å². The van der Waals surface area contributed by atoms with Crippen LogP contribution in [0.5, 0.6) is 0 Å². The molecule has 0 spiro atoms. The Kier molecular flexibility index (Phi) is 4.68. The van der Waals surface area contributed by atoms with E-state index in [2.05, 4.69) is 36.7 Å². The van der Waals surface area contributed by atoms with Crippen LogP contribution in [0.3, 0.4) is 0 Å². The van der Waals surface area contributed by atoms with E-state index in [1.54, 1.807) is 23.6 Å². The highest BCUT2D eigenvalue weighted by atomic mass is 79.9. The molecule has 0 aliphatic rings. The van der Waals surface area contributed by atoms with Gasteiger partial charge in [-0.05, 0) is 42.8 Å². The summed E-state index contributed by atoms with van der Waals surface area (Å²) in [6.07, 6.45) is 1.58. The van der Waals surface area contributed by atoms with Crippen LogP contribution in [0.1, 0.15) is 20.9 Å². The number of nitrogens with zero attached hydrogens (tertiary/aromatic N) is 2. The third-order valence-electron chi connectivity index (χ3n) is 3.07. The zero-order valence-electron chi connectivity index (χ0n) is 12.2. The number of benzene rings is 1. The van der Waals surface area contributed by atoms with Crippen molar-refractivity contribution in [2.24, 2.45) is 5.10 Å². The first-order valence-electron chi connectivity index (χ1n) is 6.83. The molecule has 0 radical (unpaired) electrons. The van der Waals surface area contributed by atoms with Gasteiger partial charge in [-0.2, -0.15) is 10.2 Å². The Morgan fingerprint density at radius 2 is 2.09 bits per heavy atom. The van der Waals surface area contributed by atoms with Gasteiger partial charge in [0.2, 0.25) is 0 Å². The van der Waals surface area contributed by atoms with Gasteiger partial charge in [-0.3, -0.25) is 9.89 Å². The summed E-state index contributed by atoms with van der Waals surface area (Å²) in [5.74, 6) is -0.353. The maximum absolute atomic E-state index is 12.0. The topological polar surface area (TPSA) is 70.1 Å². The SMILES string of the molecule is Cc1ccc(-c2cc(C(=O)NN=Cc3ccc(Br)cc3)n[nH]2)s1. The van der Waals surface area contributed by atoms with Gasteiger partial charge in [0, 0.05) is 9.35 Å². The summed E-state index contributed by atoms with van der Waals surface area (Å²) < 4.78 is 0.992. The van der Waals surface area contributed by atoms with E-state index < -0.39 is 0 Å². The maximum Gasteiger partial charge on any atom is 0.291 e. The predicted molar refractivity (Wildman–Crippen MR) is 95.8 cm³/mol. The summed E-state index contributed by atoms with van der Waals surface area (Å²) in [6, 6.07) is 13.4. The Hall–Kier alpha value is -2.25. The van der Waals surface area contributed by atoms with E-state index >= 15 is 0 Å². The van der Waals surface area contributed by atoms with Gasteiger partial charge in [0.15, 0.2) is 5.69 Å². The molecule has 0 saturated heterocycles. The Morgan fingerprint density at radius 1 is 1.30 bits per heavy atom. The van der Waals surface area contributed by atoms with Crippen molar-refractivity contribution in [1.82, 2.24) is 15.6 Å². The van der Waals surface area contributed by atoms with E-state index in [0.717, 1.165) is 20.6 Å². The molecule has 7 heteroatoms. The van der Waals surface area contributed by atoms with Crippen molar-refractivity contribution < 1.29 is 4.79 Å². The van der Waals surface area contributed by atoms with Crippen molar-refractivity contribution in [2.45, 2.75) is 6.92 Å². The monoisotopic (exact) mass is 388 g/mol. The summed E-state index contributed by atoms with van der Waals surface area (Å²) in [5, 5.41) is 10.8. The first-order valence-corrected chi connectivity index (χ1v) is 8.44. The number of carbonyl (C=O) groups is 1. The van der Waals surface area contributed by atoms with Gasteiger partial charge in [0.1, 0.15) is 0 Å². The zero-order chi connectivity index (χ0) is 16.2. The molecular formula is C16H13BrN4OS. The molecule has 5 nitrogen and oxygen atoms in total. The first-order chi connectivity index (χ1) is 11.1. The second-order valence-electron chi connectivity index (χ2n) is 4.83. The Balaban J connectivity index is 1.64. The molecule has 1 amide bonds. The molecule has 2 aromatic heterocycles. The normalized spacial score (nSPS) is 11.0. The number of nitrogens with one attached hydrogen (secondary N) is 2. The number of hydrogen-bond acceptors (Lipinski definition) is 4. The van der Waals surface area contributed by atoms with Crippen LogP contribution in [0.2, 0.25) is 0 Å². The number of hydrazone groups is 1. The zero-order valence-corrected chi connectivity index (χ0v) is 14.6. The molecule has 0 atom stereocenters. The molecule has 3 aromatic rings. The van der Waals surface area contributed by atoms with E-state index in [0.29, 0.717) is 5.69 Å². The van der Waals surface area contributed by atoms with Gasteiger partial charge < -0.3 is 0 Å². The number of hydrogen-bond donors (Lipinski definition) is 2. The average molecular weight is 389 g/mol. The molecule has 0 bridgehead atoms. The van der Waals surface area contributed by atoms with Crippen LogP contribution in [-0.4, -0.2) is 22.3 Å². The van der Waals surface area contributed by atoms with Gasteiger partial charge in [0.25, 0.3) is 5.91 Å². The van der Waals surface area contributed by atoms with E-state index in [4.69, 9.17) is 0 Å². The van der Waals surface area contributed by atoms with Gasteiger partial charge in [-0.1, -0.05) is 28.1 Å². The Labute approximate surface area is 145 Å². The number of halogens is 1. The molecule has 3 rings (SSSR count). The fourth-order valence-electron chi connectivity index (χ4n) is 1.92. The predicted octanol–water partition coefficient (Wildman–Crippen LogP) is 3.97. The molecule has 0 saturated carbocycles. The molecule has 0 aliphatic heterocycles. The molecule has 116 valence electrons. The lowest BCUT2D eigenvalue weighted by Crippen LogP contribution is -2.17. The van der Waals surface area contributed by atoms with Crippen LogP contribution < -0.4 is 5.43 Å². The van der Waals surface area contributed by atoms with Crippen molar-refractivity contribution in [1.29, 1.82) is 0 Å². The van der Waals surface area contributed by atoms with E-state index in [1.807, 2.05) is 43.3 Å². The Bertz CT molecular complexity index is 851. The molecule has 1 aromatic carbocycles. The van der Waals surface area contributed by atoms with Crippen molar-refractivity contribution in [3.8, 4) is 10.6 Å². The van der Waals surface area contributed by atoms with Crippen LogP contribution >= 0.6 is 27.3 Å². The standard InChI is InChI=1S/C16H13BrN4OS/c1-10-2-7-15(23-10)13-8-14(20-19-13)16(22)21-18-9-11-3-5-12(17)6-4-11/h2-9H,1H3,(H,19,20)(H,21,22). The van der Waals surface area contributed by atoms with E-state index in [-0.39, 0.29) is 5.91 Å². The quantitative estimate of drug-likeness (QED) is 0.524.